The van der Waals surface area contributed by atoms with Crippen LogP contribution in [0.1, 0.15) is 33.3 Å². The lowest BCUT2D eigenvalue weighted by atomic mass is 9.77. The van der Waals surface area contributed by atoms with Gasteiger partial charge in [-0.25, -0.2) is 9.78 Å². The van der Waals surface area contributed by atoms with Crippen LogP contribution in [0, 0.1) is 21.4 Å². The van der Waals surface area contributed by atoms with Gasteiger partial charge in [0.2, 0.25) is 0 Å². The number of likely N-dealkylation sites (tertiary alicyclic amines) is 1. The maximum atomic E-state index is 13.3. The van der Waals surface area contributed by atoms with E-state index in [0.29, 0.717) is 12.1 Å². The Morgan fingerprint density at radius 2 is 1.97 bits per heavy atom. The molecule has 2 aromatic rings. The number of nitrogens with zero attached hydrogens (tertiary/aromatic N) is 4. The van der Waals surface area contributed by atoms with Gasteiger partial charge in [0.15, 0.2) is 9.04 Å². The molecule has 0 radical (unpaired) electrons. The van der Waals surface area contributed by atoms with E-state index in [-0.39, 0.29) is 29.7 Å². The van der Waals surface area contributed by atoms with Crippen LogP contribution in [0.2, 0.25) is 13.1 Å². The Labute approximate surface area is 190 Å². The van der Waals surface area contributed by atoms with E-state index in [1.54, 1.807) is 29.6 Å². The topological polar surface area (TPSA) is 99.7 Å². The van der Waals surface area contributed by atoms with E-state index in [1.165, 1.54) is 12.1 Å². The van der Waals surface area contributed by atoms with Crippen molar-refractivity contribution in [1.82, 2.24) is 14.5 Å². The van der Waals surface area contributed by atoms with Gasteiger partial charge in [-0.15, -0.1) is 0 Å². The van der Waals surface area contributed by atoms with Crippen LogP contribution in [0.5, 0.6) is 0 Å². The molecule has 0 aliphatic carbocycles. The number of nitro benzene ring substituents is 1. The number of amides is 1. The van der Waals surface area contributed by atoms with Crippen LogP contribution in [0.15, 0.2) is 43.0 Å². The van der Waals surface area contributed by atoms with Crippen molar-refractivity contribution in [3.05, 3.63) is 58.7 Å². The quantitative estimate of drug-likeness (QED) is 0.365. The predicted molar refractivity (Wildman–Crippen MR) is 123 cm³/mol. The molecule has 1 unspecified atom stereocenters. The minimum absolute atomic E-state index is 0.00170. The second-order valence-corrected chi connectivity index (χ2v) is 12.1. The molecule has 1 aliphatic heterocycles. The highest BCUT2D eigenvalue weighted by atomic mass is 28.3. The van der Waals surface area contributed by atoms with E-state index < -0.39 is 25.7 Å². The van der Waals surface area contributed by atoms with Crippen LogP contribution in [-0.4, -0.2) is 47.2 Å². The summed E-state index contributed by atoms with van der Waals surface area (Å²) in [7, 11) is -1.43. The van der Waals surface area contributed by atoms with Crippen LogP contribution in [-0.2, 0) is 21.4 Å². The molecule has 1 amide bonds. The number of hydrogen-bond acceptors (Lipinski definition) is 6. The number of nitro groups is 1. The van der Waals surface area contributed by atoms with E-state index >= 15 is 0 Å². The molecule has 3 rings (SSSR count). The van der Waals surface area contributed by atoms with Crippen LogP contribution in [0.4, 0.5) is 10.5 Å². The van der Waals surface area contributed by atoms with Gasteiger partial charge >= 0.3 is 6.09 Å². The van der Waals surface area contributed by atoms with Crippen molar-refractivity contribution < 1.29 is 18.9 Å². The Kier molecular flexibility index (Phi) is 6.75. The fourth-order valence-electron chi connectivity index (χ4n) is 4.27. The summed E-state index contributed by atoms with van der Waals surface area (Å²) in [4.78, 5) is 29.7. The molecule has 10 heteroatoms. The molecule has 1 fully saturated rings. The Morgan fingerprint density at radius 1 is 1.31 bits per heavy atom. The minimum atomic E-state index is -1.43. The second kappa shape index (κ2) is 9.03. The SMILES string of the molecule is C[SiH](C)OC1[C@H](C(C)(C)C)CN(C(=O)OCc2ccc([N+](=O)[O-])cc2)[C@]1(C)n1ccnc1. The molecule has 32 heavy (non-hydrogen) atoms. The summed E-state index contributed by atoms with van der Waals surface area (Å²) < 4.78 is 14.1. The third-order valence-electron chi connectivity index (χ3n) is 6.12. The normalized spacial score (nSPS) is 23.5. The standard InChI is InChI=1S/C22H32N4O5Si/c1-21(2,3)18-13-25(20(27)30-14-16-7-9-17(10-8-16)26(28)29)22(4,19(18)31-32(5)6)24-12-11-23-15-24/h7-12,15,18-19,32H,13-14H2,1-6H3/t18-,19?,22+/m1/s1. The molecule has 1 aromatic heterocycles. The Balaban J connectivity index is 1.88. The lowest BCUT2D eigenvalue weighted by Gasteiger charge is -2.42. The van der Waals surface area contributed by atoms with Gasteiger partial charge in [0, 0.05) is 37.0 Å². The summed E-state index contributed by atoms with van der Waals surface area (Å²) in [5, 5.41) is 10.9. The molecule has 0 spiro atoms. The van der Waals surface area contributed by atoms with Gasteiger partial charge in [-0.2, -0.15) is 0 Å². The highest BCUT2D eigenvalue weighted by Crippen LogP contribution is 2.47. The number of imidazole rings is 1. The molecular weight excluding hydrogens is 428 g/mol. The van der Waals surface area contributed by atoms with Crippen molar-refractivity contribution >= 4 is 20.8 Å². The van der Waals surface area contributed by atoms with E-state index in [2.05, 4.69) is 38.8 Å². The zero-order valence-corrected chi connectivity index (χ0v) is 20.7. The fourth-order valence-corrected chi connectivity index (χ4v) is 5.30. The fraction of sp³-hybridized carbons (Fsp3) is 0.545. The highest BCUT2D eigenvalue weighted by Gasteiger charge is 2.58. The zero-order valence-electron chi connectivity index (χ0n) is 19.5. The first-order valence-electron chi connectivity index (χ1n) is 10.8. The third-order valence-corrected chi connectivity index (χ3v) is 6.96. The van der Waals surface area contributed by atoms with Gasteiger partial charge in [-0.05, 0) is 43.1 Å². The first-order valence-corrected chi connectivity index (χ1v) is 13.5. The van der Waals surface area contributed by atoms with Crippen LogP contribution < -0.4 is 0 Å². The van der Waals surface area contributed by atoms with Crippen molar-refractivity contribution in [2.75, 3.05) is 6.54 Å². The zero-order chi connectivity index (χ0) is 23.7. The number of hydrogen-bond donors (Lipinski definition) is 0. The number of rotatable bonds is 6. The summed E-state index contributed by atoms with van der Waals surface area (Å²) >= 11 is 0. The number of ether oxygens (including phenoxy) is 1. The monoisotopic (exact) mass is 460 g/mol. The van der Waals surface area contributed by atoms with Crippen molar-refractivity contribution in [3.8, 4) is 0 Å². The van der Waals surface area contributed by atoms with Crippen LogP contribution >= 0.6 is 0 Å². The Hall–Kier alpha value is -2.72. The lowest BCUT2D eigenvalue weighted by molar-refractivity contribution is -0.384. The molecule has 2 heterocycles. The molecule has 1 aromatic carbocycles. The second-order valence-electron chi connectivity index (χ2n) is 9.73. The third kappa shape index (κ3) is 4.70. The number of carbonyl (C=O) groups is 1. The number of aromatic nitrogens is 2. The lowest BCUT2D eigenvalue weighted by Crippen LogP contribution is -2.54. The molecule has 1 aliphatic rings. The number of carbonyl (C=O) groups excluding carboxylic acids is 1. The van der Waals surface area contributed by atoms with Gasteiger partial charge < -0.3 is 13.7 Å². The smallest absolute Gasteiger partial charge is 0.412 e. The maximum Gasteiger partial charge on any atom is 0.412 e. The van der Waals surface area contributed by atoms with Gasteiger partial charge in [0.1, 0.15) is 12.3 Å². The largest absolute Gasteiger partial charge is 0.444 e. The molecule has 0 saturated carbocycles. The number of non-ortho nitro benzene ring substituents is 1. The summed E-state index contributed by atoms with van der Waals surface area (Å²) in [6, 6.07) is 6.00. The summed E-state index contributed by atoms with van der Waals surface area (Å²) in [6.07, 6.45) is 4.58. The summed E-state index contributed by atoms with van der Waals surface area (Å²) in [5.74, 6) is 0.0942. The van der Waals surface area contributed by atoms with Crippen LogP contribution in [0.3, 0.4) is 0 Å². The molecule has 0 N–H and O–H groups in total. The minimum Gasteiger partial charge on any atom is -0.444 e. The van der Waals surface area contributed by atoms with Gasteiger partial charge in [-0.3, -0.25) is 15.0 Å². The van der Waals surface area contributed by atoms with Gasteiger partial charge in [0.05, 0.1) is 17.4 Å². The first kappa shape index (κ1) is 23.9. The summed E-state index contributed by atoms with van der Waals surface area (Å²) in [5.41, 5.74) is -0.207. The number of benzene rings is 1. The Morgan fingerprint density at radius 3 is 2.47 bits per heavy atom. The molecule has 174 valence electrons. The predicted octanol–water partition coefficient (Wildman–Crippen LogP) is 4.15. The van der Waals surface area contributed by atoms with E-state index in [4.69, 9.17) is 9.16 Å². The Bertz CT molecular complexity index is 942. The molecule has 3 atom stereocenters. The van der Waals surface area contributed by atoms with Crippen LogP contribution in [0.25, 0.3) is 0 Å². The van der Waals surface area contributed by atoms with Crippen molar-refractivity contribution in [2.24, 2.45) is 11.3 Å². The average Bonchev–Trinajstić information content (AvgIpc) is 3.34. The van der Waals surface area contributed by atoms with Gasteiger partial charge in [-0.1, -0.05) is 20.8 Å². The van der Waals surface area contributed by atoms with E-state index in [0.717, 1.165) is 0 Å². The summed E-state index contributed by atoms with van der Waals surface area (Å²) in [6.45, 7) is 13.3. The first-order chi connectivity index (χ1) is 14.9. The molecule has 1 saturated heterocycles. The van der Waals surface area contributed by atoms with E-state index in [1.807, 2.05) is 17.7 Å². The van der Waals surface area contributed by atoms with Crippen molar-refractivity contribution in [3.63, 3.8) is 0 Å². The maximum absolute atomic E-state index is 13.3. The van der Waals surface area contributed by atoms with Gasteiger partial charge in [0.25, 0.3) is 5.69 Å². The van der Waals surface area contributed by atoms with Crippen molar-refractivity contribution in [2.45, 2.75) is 59.2 Å². The molecule has 0 bridgehead atoms. The average molecular weight is 461 g/mol. The van der Waals surface area contributed by atoms with Crippen molar-refractivity contribution in [1.29, 1.82) is 0 Å². The highest BCUT2D eigenvalue weighted by molar-refractivity contribution is 6.48. The molecular formula is C22H32N4O5Si. The van der Waals surface area contributed by atoms with E-state index in [9.17, 15) is 14.9 Å². The molecule has 9 nitrogen and oxygen atoms in total.